The van der Waals surface area contributed by atoms with Gasteiger partial charge in [-0.15, -0.1) is 0 Å². The Morgan fingerprint density at radius 3 is 2.89 bits per heavy atom. The number of phenols is 1. The van der Waals surface area contributed by atoms with Gasteiger partial charge in [0, 0.05) is 30.7 Å². The molecule has 0 amide bonds. The lowest BCUT2D eigenvalue weighted by Gasteiger charge is -2.64. The van der Waals surface area contributed by atoms with Crippen LogP contribution in [0.5, 0.6) is 11.5 Å². The Hall–Kier alpha value is -1.59. The van der Waals surface area contributed by atoms with Gasteiger partial charge >= 0.3 is 0 Å². The zero-order chi connectivity index (χ0) is 19.9. The van der Waals surface area contributed by atoms with E-state index in [1.54, 1.807) is 6.07 Å². The van der Waals surface area contributed by atoms with E-state index in [4.69, 9.17) is 4.74 Å². The van der Waals surface area contributed by atoms with Gasteiger partial charge in [0.1, 0.15) is 11.6 Å². The number of ether oxygens (including phenoxy) is 1. The van der Waals surface area contributed by atoms with Gasteiger partial charge in [0.25, 0.3) is 0 Å². The number of ketones is 1. The fraction of sp³-hybridized carbons (Fsp3) is 0.696. The Morgan fingerprint density at radius 2 is 2.14 bits per heavy atom. The molecule has 1 aromatic carbocycles. The minimum atomic E-state index is -0.962. The second-order valence-electron chi connectivity index (χ2n) is 10.1. The number of benzene rings is 1. The van der Waals surface area contributed by atoms with Gasteiger partial charge in [-0.05, 0) is 24.5 Å². The third-order valence-electron chi connectivity index (χ3n) is 8.41. The summed E-state index contributed by atoms with van der Waals surface area (Å²) in [5.41, 5.74) is 0.417. The first-order valence-corrected chi connectivity index (χ1v) is 10.9. The number of nitrogens with zero attached hydrogens (tertiary/aromatic N) is 1. The van der Waals surface area contributed by atoms with Crippen LogP contribution in [0.25, 0.3) is 0 Å². The Kier molecular flexibility index (Phi) is 3.77. The first-order valence-electron chi connectivity index (χ1n) is 10.9. The summed E-state index contributed by atoms with van der Waals surface area (Å²) in [5.74, 6) is 1.22. The van der Waals surface area contributed by atoms with E-state index < -0.39 is 17.1 Å². The van der Waals surface area contributed by atoms with E-state index in [1.807, 2.05) is 6.07 Å². The van der Waals surface area contributed by atoms with Crippen molar-refractivity contribution in [3.05, 3.63) is 23.3 Å². The molecule has 0 radical (unpaired) electrons. The highest BCUT2D eigenvalue weighted by molar-refractivity contribution is 5.90. The summed E-state index contributed by atoms with van der Waals surface area (Å²) in [7, 11) is 2.30. The monoisotopic (exact) mass is 386 g/mol. The third kappa shape index (κ3) is 2.02. The molecule has 1 spiro atoms. The molecule has 1 saturated heterocycles. The molecule has 6 atom stereocenters. The number of hydrogen-bond donors (Lipinski definition) is 2. The summed E-state index contributed by atoms with van der Waals surface area (Å²) in [6.45, 7) is 6.53. The number of quaternary nitrogens is 1. The average molecular weight is 387 g/mol. The minimum absolute atomic E-state index is 0.0581. The normalized spacial score (nSPS) is 41.4. The van der Waals surface area contributed by atoms with Crippen LogP contribution in [0.4, 0.5) is 0 Å². The van der Waals surface area contributed by atoms with E-state index in [-0.39, 0.29) is 17.6 Å². The van der Waals surface area contributed by atoms with Crippen LogP contribution in [0.3, 0.4) is 0 Å². The fourth-order valence-corrected chi connectivity index (χ4v) is 7.34. The van der Waals surface area contributed by atoms with Crippen molar-refractivity contribution >= 4 is 5.78 Å². The van der Waals surface area contributed by atoms with Crippen LogP contribution in [-0.4, -0.2) is 58.4 Å². The smallest absolute Gasteiger partial charge is 0.174 e. The summed E-state index contributed by atoms with van der Waals surface area (Å²) in [6.07, 6.45) is 4.08. The average Bonchev–Trinajstić information content (AvgIpc) is 3.00. The van der Waals surface area contributed by atoms with Gasteiger partial charge in [-0.25, -0.2) is 0 Å². The molecule has 5 nitrogen and oxygen atoms in total. The number of likely N-dealkylation sites (N-methyl/N-ethyl adjacent to an activating group) is 1. The fourth-order valence-electron chi connectivity index (χ4n) is 7.34. The predicted octanol–water partition coefficient (Wildman–Crippen LogP) is 2.70. The summed E-state index contributed by atoms with van der Waals surface area (Å²) >= 11 is 0. The van der Waals surface area contributed by atoms with Crippen LogP contribution in [0.15, 0.2) is 12.1 Å². The third-order valence-corrected chi connectivity index (χ3v) is 8.41. The largest absolute Gasteiger partial charge is 0.504 e. The number of carbonyl (C=O) groups is 1. The molecule has 2 N–H and O–H groups in total. The number of piperidine rings is 1. The van der Waals surface area contributed by atoms with Gasteiger partial charge in [-0.2, -0.15) is 0 Å². The van der Waals surface area contributed by atoms with Crippen molar-refractivity contribution in [1.29, 1.82) is 0 Å². The molecule has 2 unspecified atom stereocenters. The summed E-state index contributed by atoms with van der Waals surface area (Å²) in [6, 6.07) is 3.73. The number of aromatic hydroxyl groups is 1. The second-order valence-corrected chi connectivity index (χ2v) is 10.1. The Bertz CT molecular complexity index is 853. The predicted molar refractivity (Wildman–Crippen MR) is 105 cm³/mol. The highest BCUT2D eigenvalue weighted by Gasteiger charge is 2.76. The highest BCUT2D eigenvalue weighted by atomic mass is 16.5. The van der Waals surface area contributed by atoms with Gasteiger partial charge in [0.05, 0.1) is 25.6 Å². The standard InChI is InChI=1S/C23H31NO4/c1-4-5-14(2)13-24(3)11-10-22-19-15-6-7-16(25)20(19)28-21(22)17(26)8-9-23(22,27)18(24)12-15/h6-7,14,18,21,27H,4-5,8-13H2,1-3H3/p+1/t14?,18-,21+,22+,23-,24?/m1/s1. The lowest BCUT2D eigenvalue weighted by molar-refractivity contribution is -0.951. The Balaban J connectivity index is 1.68. The number of aliphatic hydroxyl groups is 1. The van der Waals surface area contributed by atoms with Crippen molar-refractivity contribution < 1.29 is 24.2 Å². The minimum Gasteiger partial charge on any atom is -0.504 e. The van der Waals surface area contributed by atoms with Crippen LogP contribution in [0, 0.1) is 5.92 Å². The van der Waals surface area contributed by atoms with E-state index in [2.05, 4.69) is 20.9 Å². The first-order chi connectivity index (χ1) is 13.3. The summed E-state index contributed by atoms with van der Waals surface area (Å²) in [5, 5.41) is 22.7. The highest BCUT2D eigenvalue weighted by Crippen LogP contribution is 2.65. The maximum absolute atomic E-state index is 12.9. The molecular formula is C23H32NO4+. The van der Waals surface area contributed by atoms with Crippen LogP contribution in [0.2, 0.25) is 0 Å². The van der Waals surface area contributed by atoms with Crippen molar-refractivity contribution in [3.63, 3.8) is 0 Å². The maximum Gasteiger partial charge on any atom is 0.174 e. The molecule has 28 heavy (non-hydrogen) atoms. The molecule has 5 rings (SSSR count). The van der Waals surface area contributed by atoms with Crippen molar-refractivity contribution in [3.8, 4) is 11.5 Å². The van der Waals surface area contributed by atoms with E-state index in [1.165, 1.54) is 12.8 Å². The SMILES string of the molecule is CCCC(C)C[N+]1(C)CC[C@]23c4c5ccc(O)c4O[C@H]2C(=O)CC[C@@]3(O)[C@H]1C5. The number of Topliss-reactive ketones (excluding diaryl/α,β-unsaturated/α-hetero) is 1. The van der Waals surface area contributed by atoms with E-state index in [9.17, 15) is 15.0 Å². The molecule has 152 valence electrons. The molecule has 5 heteroatoms. The van der Waals surface area contributed by atoms with E-state index in [0.29, 0.717) is 24.5 Å². The lowest BCUT2D eigenvalue weighted by Crippen LogP contribution is -2.81. The lowest BCUT2D eigenvalue weighted by atomic mass is 9.48. The van der Waals surface area contributed by atoms with Crippen LogP contribution in [0.1, 0.15) is 57.1 Å². The van der Waals surface area contributed by atoms with E-state index in [0.717, 1.165) is 41.5 Å². The van der Waals surface area contributed by atoms with Crippen molar-refractivity contribution in [1.82, 2.24) is 0 Å². The molecule has 2 aliphatic heterocycles. The number of likely N-dealkylation sites (tertiary alicyclic amines) is 1. The van der Waals surface area contributed by atoms with E-state index >= 15 is 0 Å². The molecule has 2 fully saturated rings. The number of rotatable bonds is 4. The van der Waals surface area contributed by atoms with Crippen LogP contribution >= 0.6 is 0 Å². The quantitative estimate of drug-likeness (QED) is 0.781. The topological polar surface area (TPSA) is 66.8 Å². The molecule has 1 aromatic rings. The molecule has 4 aliphatic rings. The number of phenolic OH excluding ortho intramolecular Hbond substituents is 1. The number of carbonyl (C=O) groups excluding carboxylic acids is 1. The zero-order valence-electron chi connectivity index (χ0n) is 17.2. The Morgan fingerprint density at radius 1 is 1.36 bits per heavy atom. The molecule has 2 aliphatic carbocycles. The number of hydrogen-bond acceptors (Lipinski definition) is 4. The molecule has 2 heterocycles. The first kappa shape index (κ1) is 18.4. The van der Waals surface area contributed by atoms with Crippen molar-refractivity contribution in [2.75, 3.05) is 20.1 Å². The van der Waals surface area contributed by atoms with Gasteiger partial charge in [-0.1, -0.05) is 26.3 Å². The maximum atomic E-state index is 12.9. The summed E-state index contributed by atoms with van der Waals surface area (Å²) in [4.78, 5) is 12.9. The van der Waals surface area contributed by atoms with Crippen molar-refractivity contribution in [2.24, 2.45) is 5.92 Å². The molecule has 0 aromatic heterocycles. The summed E-state index contributed by atoms with van der Waals surface area (Å²) < 4.78 is 6.97. The molecule has 2 bridgehead atoms. The Labute approximate surface area is 166 Å². The van der Waals surface area contributed by atoms with Gasteiger partial charge in [0.2, 0.25) is 0 Å². The molecular weight excluding hydrogens is 354 g/mol. The zero-order valence-corrected chi connectivity index (χ0v) is 17.2. The second kappa shape index (κ2) is 5.73. The molecule has 1 saturated carbocycles. The van der Waals surface area contributed by atoms with Gasteiger partial charge in [-0.3, -0.25) is 4.79 Å². The van der Waals surface area contributed by atoms with Crippen LogP contribution in [-0.2, 0) is 16.6 Å². The van der Waals surface area contributed by atoms with Crippen LogP contribution < -0.4 is 4.74 Å². The van der Waals surface area contributed by atoms with Gasteiger partial charge in [0.15, 0.2) is 23.4 Å². The van der Waals surface area contributed by atoms with Gasteiger partial charge < -0.3 is 19.4 Å². The van der Waals surface area contributed by atoms with Crippen molar-refractivity contribution in [2.45, 2.75) is 75.5 Å².